The van der Waals surface area contributed by atoms with Gasteiger partial charge in [-0.1, -0.05) is 44.2 Å². The Morgan fingerprint density at radius 2 is 1.72 bits per heavy atom. The van der Waals surface area contributed by atoms with E-state index < -0.39 is 30.2 Å². The third kappa shape index (κ3) is 5.48. The van der Waals surface area contributed by atoms with Gasteiger partial charge >= 0.3 is 12.4 Å². The summed E-state index contributed by atoms with van der Waals surface area (Å²) in [6.45, 7) is 7.94. The summed E-state index contributed by atoms with van der Waals surface area (Å²) in [6, 6.07) is 0. The van der Waals surface area contributed by atoms with Gasteiger partial charge in [0.05, 0.1) is 12.2 Å². The van der Waals surface area contributed by atoms with Crippen LogP contribution in [-0.2, 0) is 0 Å². The van der Waals surface area contributed by atoms with Gasteiger partial charge in [0, 0.05) is 6.42 Å². The molecule has 0 aromatic carbocycles. The van der Waals surface area contributed by atoms with Crippen molar-refractivity contribution in [1.82, 2.24) is 0 Å². The van der Waals surface area contributed by atoms with Gasteiger partial charge in [-0.2, -0.15) is 26.3 Å². The second-order valence-corrected chi connectivity index (χ2v) is 11.0. The van der Waals surface area contributed by atoms with E-state index in [4.69, 9.17) is 0 Å². The van der Waals surface area contributed by atoms with Crippen molar-refractivity contribution in [2.75, 3.05) is 0 Å². The van der Waals surface area contributed by atoms with Crippen molar-refractivity contribution in [3.05, 3.63) is 47.6 Å². The van der Waals surface area contributed by atoms with Crippen molar-refractivity contribution in [2.45, 2.75) is 95.4 Å². The molecule has 3 N–H and O–H groups in total. The number of halogens is 6. The number of hydrogen-bond donors (Lipinski definition) is 3. The molecular weight excluding hydrogens is 486 g/mol. The van der Waals surface area contributed by atoms with Crippen LogP contribution in [0.1, 0.15) is 65.2 Å². The number of allylic oxidation sites excluding steroid dienone is 4. The number of rotatable bonds is 5. The van der Waals surface area contributed by atoms with Crippen LogP contribution in [0.3, 0.4) is 0 Å². The van der Waals surface area contributed by atoms with E-state index in [-0.39, 0.29) is 42.1 Å². The normalized spacial score (nSPS) is 35.6. The molecule has 0 radical (unpaired) electrons. The molecule has 3 saturated carbocycles. The molecule has 0 aliphatic heterocycles. The first-order valence-corrected chi connectivity index (χ1v) is 12.5. The maximum atomic E-state index is 13.0. The van der Waals surface area contributed by atoms with Crippen LogP contribution in [-0.4, -0.2) is 45.5 Å². The van der Waals surface area contributed by atoms with E-state index in [1.165, 1.54) is 5.57 Å². The van der Waals surface area contributed by atoms with Crippen LogP contribution in [0.2, 0.25) is 0 Å². The third-order valence-electron chi connectivity index (χ3n) is 8.72. The van der Waals surface area contributed by atoms with Gasteiger partial charge in [-0.05, 0) is 85.3 Å². The molecule has 0 heterocycles. The zero-order valence-corrected chi connectivity index (χ0v) is 20.7. The molecule has 0 bridgehead atoms. The van der Waals surface area contributed by atoms with Gasteiger partial charge in [0.25, 0.3) is 5.60 Å². The highest BCUT2D eigenvalue weighted by Crippen LogP contribution is 2.60. The molecule has 9 heteroatoms. The molecule has 3 nitrogen and oxygen atoms in total. The Kier molecular flexibility index (Phi) is 8.29. The van der Waals surface area contributed by atoms with Crippen molar-refractivity contribution in [2.24, 2.45) is 23.2 Å². The van der Waals surface area contributed by atoms with E-state index in [2.05, 4.69) is 13.5 Å². The number of hydrogen-bond acceptors (Lipinski definition) is 3. The van der Waals surface area contributed by atoms with Gasteiger partial charge in [-0.3, -0.25) is 0 Å². The summed E-state index contributed by atoms with van der Waals surface area (Å²) in [5.74, 6) is 0.193. The summed E-state index contributed by atoms with van der Waals surface area (Å²) in [6.07, 6.45) is -3.35. The summed E-state index contributed by atoms with van der Waals surface area (Å²) in [5.41, 5.74) is -2.33. The fraction of sp³-hybridized carbons (Fsp3) is 0.704. The largest absolute Gasteiger partial charge is 0.429 e. The molecule has 1 unspecified atom stereocenters. The predicted octanol–water partition coefficient (Wildman–Crippen LogP) is 6.57. The van der Waals surface area contributed by atoms with Crippen LogP contribution >= 0.6 is 0 Å². The van der Waals surface area contributed by atoms with Crippen LogP contribution in [0.5, 0.6) is 0 Å². The summed E-state index contributed by atoms with van der Waals surface area (Å²) < 4.78 is 77.8. The Hall–Kier alpha value is -1.58. The molecular formula is C27H36F6O3. The molecule has 0 spiro atoms. The van der Waals surface area contributed by atoms with Crippen molar-refractivity contribution in [3.63, 3.8) is 0 Å². The molecule has 3 fully saturated rings. The topological polar surface area (TPSA) is 60.7 Å². The summed E-state index contributed by atoms with van der Waals surface area (Å²) in [5, 5.41) is 29.4. The summed E-state index contributed by atoms with van der Waals surface area (Å²) >= 11 is 0. The van der Waals surface area contributed by atoms with Crippen LogP contribution in [0.15, 0.2) is 47.6 Å². The molecule has 0 aromatic rings. The Labute approximate surface area is 208 Å². The lowest BCUT2D eigenvalue weighted by atomic mass is 9.61. The number of aliphatic hydroxyl groups excluding tert-OH is 2. The van der Waals surface area contributed by atoms with E-state index in [9.17, 15) is 41.7 Å². The fourth-order valence-corrected chi connectivity index (χ4v) is 6.65. The number of alkyl halides is 6. The SMILES string of the molecule is C=C1/C(=C\C=C2/CCC[C@@]3(C)C2CC[C@@H]3[C@@H](C)C/C=C/C(O)(C(F)(F)F)C(F)(F)F)C[C@@H](O)C[C@@H]1O. The van der Waals surface area contributed by atoms with Crippen molar-refractivity contribution < 1.29 is 41.7 Å². The maximum Gasteiger partial charge on any atom is 0.429 e. The minimum atomic E-state index is -5.86. The first-order chi connectivity index (χ1) is 16.5. The molecule has 3 aliphatic carbocycles. The first-order valence-electron chi connectivity index (χ1n) is 12.5. The molecule has 204 valence electrons. The molecule has 3 aliphatic rings. The fourth-order valence-electron chi connectivity index (χ4n) is 6.65. The lowest BCUT2D eigenvalue weighted by Gasteiger charge is -2.44. The first kappa shape index (κ1) is 29.0. The maximum absolute atomic E-state index is 13.0. The molecule has 3 rings (SSSR count). The zero-order chi connectivity index (χ0) is 27.1. The molecule has 6 atom stereocenters. The second-order valence-electron chi connectivity index (χ2n) is 11.0. The Morgan fingerprint density at radius 3 is 2.33 bits per heavy atom. The lowest BCUT2D eigenvalue weighted by Crippen LogP contribution is -2.55. The Morgan fingerprint density at radius 1 is 1.08 bits per heavy atom. The van der Waals surface area contributed by atoms with E-state index >= 15 is 0 Å². The smallest absolute Gasteiger partial charge is 0.393 e. The van der Waals surface area contributed by atoms with Gasteiger partial charge in [0.15, 0.2) is 0 Å². The summed E-state index contributed by atoms with van der Waals surface area (Å²) in [7, 11) is 0. The predicted molar refractivity (Wildman–Crippen MR) is 125 cm³/mol. The Balaban J connectivity index is 1.75. The second kappa shape index (κ2) is 10.3. The quantitative estimate of drug-likeness (QED) is 0.283. The van der Waals surface area contributed by atoms with Crippen LogP contribution in [0.25, 0.3) is 0 Å². The van der Waals surface area contributed by atoms with Gasteiger partial charge in [-0.25, -0.2) is 0 Å². The Bertz CT molecular complexity index is 901. The monoisotopic (exact) mass is 522 g/mol. The van der Waals surface area contributed by atoms with Crippen LogP contribution < -0.4 is 0 Å². The van der Waals surface area contributed by atoms with E-state index in [1.54, 1.807) is 0 Å². The van der Waals surface area contributed by atoms with E-state index in [1.807, 2.05) is 19.1 Å². The van der Waals surface area contributed by atoms with Crippen LogP contribution in [0.4, 0.5) is 26.3 Å². The molecule has 0 amide bonds. The van der Waals surface area contributed by atoms with Crippen LogP contribution in [0, 0.1) is 23.2 Å². The zero-order valence-electron chi connectivity index (χ0n) is 20.7. The number of aliphatic hydroxyl groups is 3. The van der Waals surface area contributed by atoms with Gasteiger partial charge in [0.2, 0.25) is 0 Å². The third-order valence-corrected chi connectivity index (χ3v) is 8.72. The molecule has 36 heavy (non-hydrogen) atoms. The highest BCUT2D eigenvalue weighted by Gasteiger charge is 2.69. The average Bonchev–Trinajstić information content (AvgIpc) is 3.11. The molecule has 0 aromatic heterocycles. The van der Waals surface area contributed by atoms with E-state index in [0.717, 1.165) is 43.8 Å². The minimum absolute atomic E-state index is 0.000145. The highest BCUT2D eigenvalue weighted by atomic mass is 19.4. The lowest BCUT2D eigenvalue weighted by molar-refractivity contribution is -0.347. The highest BCUT2D eigenvalue weighted by molar-refractivity contribution is 5.38. The summed E-state index contributed by atoms with van der Waals surface area (Å²) in [4.78, 5) is 0. The van der Waals surface area contributed by atoms with Crippen molar-refractivity contribution in [1.29, 1.82) is 0 Å². The number of fused-ring (bicyclic) bond motifs is 1. The van der Waals surface area contributed by atoms with Crippen molar-refractivity contribution in [3.8, 4) is 0 Å². The van der Waals surface area contributed by atoms with E-state index in [0.29, 0.717) is 12.0 Å². The molecule has 0 saturated heterocycles. The van der Waals surface area contributed by atoms with Crippen molar-refractivity contribution >= 4 is 0 Å². The minimum Gasteiger partial charge on any atom is -0.393 e. The van der Waals surface area contributed by atoms with Gasteiger partial charge < -0.3 is 15.3 Å². The average molecular weight is 523 g/mol. The van der Waals surface area contributed by atoms with Gasteiger partial charge in [-0.15, -0.1) is 0 Å². The standard InChI is InChI=1S/C27H36F6O3/c1-16(6-4-13-25(36,26(28,29)30)27(31,32)33)21-10-11-22-18(7-5-12-24(21,22)3)8-9-19-14-20(34)15-23(35)17(19)2/h4,8-9,13,16,20-23,34-36H,2,5-7,10-12,14-15H2,1,3H3/b13-4+,18-8+,19-9-/t16-,20+,21+,22?,23-,24+/m0/s1. The van der Waals surface area contributed by atoms with Gasteiger partial charge in [0.1, 0.15) is 0 Å².